The first-order chi connectivity index (χ1) is 13.0. The summed E-state index contributed by atoms with van der Waals surface area (Å²) in [6.07, 6.45) is 0. The molecule has 1 aliphatic heterocycles. The van der Waals surface area contributed by atoms with E-state index in [1.807, 2.05) is 18.2 Å². The van der Waals surface area contributed by atoms with Gasteiger partial charge in [0.25, 0.3) is 0 Å². The lowest BCUT2D eigenvalue weighted by Crippen LogP contribution is -2.18. The molecular weight excluding hydrogens is 389 g/mol. The van der Waals surface area contributed by atoms with Gasteiger partial charge in [0.1, 0.15) is 0 Å². The number of benzene rings is 2. The molecule has 0 bridgehead atoms. The maximum absolute atomic E-state index is 12.6. The van der Waals surface area contributed by atoms with Gasteiger partial charge in [-0.15, -0.1) is 0 Å². The zero-order valence-corrected chi connectivity index (χ0v) is 15.6. The maximum Gasteiger partial charge on any atom is 0.356 e. The van der Waals surface area contributed by atoms with Crippen LogP contribution in [0.2, 0.25) is 10.0 Å². The van der Waals surface area contributed by atoms with Crippen LogP contribution in [0.5, 0.6) is 0 Å². The smallest absolute Gasteiger partial charge is 0.356 e. The molecule has 4 rings (SSSR count). The molecule has 0 radical (unpaired) electrons. The van der Waals surface area contributed by atoms with Gasteiger partial charge in [-0.2, -0.15) is 0 Å². The number of ether oxygens (including phenoxy) is 1. The highest BCUT2D eigenvalue weighted by Gasteiger charge is 2.27. The largest absolute Gasteiger partial charge is 0.464 e. The summed E-state index contributed by atoms with van der Waals surface area (Å²) in [5.74, 6) is -0.632. The molecule has 1 aromatic heterocycles. The molecule has 0 spiro atoms. The van der Waals surface area contributed by atoms with E-state index < -0.39 is 11.7 Å². The van der Waals surface area contributed by atoms with Crippen LogP contribution in [0.1, 0.15) is 27.3 Å². The number of carbonyl (C=O) groups excluding carboxylic acids is 1. The summed E-state index contributed by atoms with van der Waals surface area (Å²) in [4.78, 5) is 31.9. The van der Waals surface area contributed by atoms with E-state index in [1.54, 1.807) is 24.3 Å². The first-order valence-corrected chi connectivity index (χ1v) is 8.78. The molecule has 1 N–H and O–H groups in total. The Morgan fingerprint density at radius 3 is 2.70 bits per heavy atom. The number of imidazole rings is 1. The number of halogens is 2. The SMILES string of the molecule is COC(=O)c1[nH]c(=O)n2c1CN=C(c1ccccc1Cl)c1cc(Cl)ccc1-2. The molecule has 2 heterocycles. The Balaban J connectivity index is 2.04. The highest BCUT2D eigenvalue weighted by atomic mass is 35.5. The third-order valence-electron chi connectivity index (χ3n) is 4.35. The average molecular weight is 402 g/mol. The van der Waals surface area contributed by atoms with Crippen molar-refractivity contribution in [1.82, 2.24) is 9.55 Å². The molecule has 3 aromatic rings. The number of aromatic amines is 1. The first kappa shape index (κ1) is 17.6. The van der Waals surface area contributed by atoms with Gasteiger partial charge in [-0.25, -0.2) is 9.59 Å². The van der Waals surface area contributed by atoms with Crippen LogP contribution in [0, 0.1) is 0 Å². The average Bonchev–Trinajstić information content (AvgIpc) is 2.89. The molecule has 0 aliphatic carbocycles. The molecule has 2 aromatic carbocycles. The van der Waals surface area contributed by atoms with E-state index in [2.05, 4.69) is 9.98 Å². The number of esters is 1. The third-order valence-corrected chi connectivity index (χ3v) is 4.92. The molecule has 0 saturated heterocycles. The first-order valence-electron chi connectivity index (χ1n) is 8.03. The summed E-state index contributed by atoms with van der Waals surface area (Å²) < 4.78 is 6.20. The second-order valence-electron chi connectivity index (χ2n) is 5.88. The van der Waals surface area contributed by atoms with E-state index in [1.165, 1.54) is 11.7 Å². The Labute approximate surface area is 164 Å². The molecule has 0 amide bonds. The number of H-pyrrole nitrogens is 1. The summed E-state index contributed by atoms with van der Waals surface area (Å²) in [6, 6.07) is 12.4. The van der Waals surface area contributed by atoms with E-state index in [-0.39, 0.29) is 12.2 Å². The second kappa shape index (κ2) is 6.72. The number of carbonyl (C=O) groups is 1. The molecule has 136 valence electrons. The van der Waals surface area contributed by atoms with Crippen molar-refractivity contribution in [2.24, 2.45) is 4.99 Å². The van der Waals surface area contributed by atoms with E-state index in [4.69, 9.17) is 27.9 Å². The molecule has 6 nitrogen and oxygen atoms in total. The molecular formula is C19H13Cl2N3O3. The van der Waals surface area contributed by atoms with Crippen molar-refractivity contribution in [3.8, 4) is 5.69 Å². The Hall–Kier alpha value is -2.83. The fourth-order valence-corrected chi connectivity index (χ4v) is 3.56. The van der Waals surface area contributed by atoms with E-state index in [0.29, 0.717) is 38.3 Å². The minimum atomic E-state index is -0.632. The zero-order valence-electron chi connectivity index (χ0n) is 14.1. The van der Waals surface area contributed by atoms with Crippen LogP contribution in [0.15, 0.2) is 52.3 Å². The minimum Gasteiger partial charge on any atom is -0.464 e. The summed E-state index contributed by atoms with van der Waals surface area (Å²) in [5, 5.41) is 1.02. The number of methoxy groups -OCH3 is 1. The lowest BCUT2D eigenvalue weighted by Gasteiger charge is -2.12. The molecule has 1 aliphatic rings. The van der Waals surface area contributed by atoms with Gasteiger partial charge in [-0.3, -0.25) is 14.5 Å². The number of aliphatic imine (C=N–C) groups is 1. The highest BCUT2D eigenvalue weighted by molar-refractivity contribution is 6.36. The van der Waals surface area contributed by atoms with Crippen molar-refractivity contribution in [2.45, 2.75) is 6.54 Å². The van der Waals surface area contributed by atoms with Crippen molar-refractivity contribution in [3.63, 3.8) is 0 Å². The molecule has 0 saturated carbocycles. The summed E-state index contributed by atoms with van der Waals surface area (Å²) in [6.45, 7) is 0.0933. The Morgan fingerprint density at radius 1 is 1.19 bits per heavy atom. The topological polar surface area (TPSA) is 76.5 Å². The van der Waals surface area contributed by atoms with Crippen LogP contribution in [-0.2, 0) is 11.3 Å². The number of nitrogens with zero attached hydrogens (tertiary/aromatic N) is 2. The lowest BCUT2D eigenvalue weighted by atomic mass is 10.0. The summed E-state index contributed by atoms with van der Waals surface area (Å²) >= 11 is 12.6. The van der Waals surface area contributed by atoms with Gasteiger partial charge >= 0.3 is 11.7 Å². The zero-order chi connectivity index (χ0) is 19.1. The Kier molecular flexibility index (Phi) is 4.37. The number of hydrogen-bond acceptors (Lipinski definition) is 4. The van der Waals surface area contributed by atoms with Crippen molar-refractivity contribution < 1.29 is 9.53 Å². The monoisotopic (exact) mass is 401 g/mol. The molecule has 0 fully saturated rings. The number of rotatable bonds is 2. The van der Waals surface area contributed by atoms with Crippen molar-refractivity contribution in [3.05, 3.63) is 85.5 Å². The van der Waals surface area contributed by atoms with Gasteiger partial charge < -0.3 is 4.74 Å². The Bertz CT molecular complexity index is 1160. The van der Waals surface area contributed by atoms with E-state index >= 15 is 0 Å². The van der Waals surface area contributed by atoms with Crippen LogP contribution >= 0.6 is 23.2 Å². The molecule has 0 atom stereocenters. The van der Waals surface area contributed by atoms with Crippen LogP contribution < -0.4 is 5.69 Å². The van der Waals surface area contributed by atoms with Crippen molar-refractivity contribution >= 4 is 34.9 Å². The van der Waals surface area contributed by atoms with Gasteiger partial charge in [0.05, 0.1) is 30.7 Å². The molecule has 0 unspecified atom stereocenters. The van der Waals surface area contributed by atoms with Crippen LogP contribution in [-0.4, -0.2) is 28.3 Å². The van der Waals surface area contributed by atoms with Gasteiger partial charge in [0.15, 0.2) is 5.69 Å². The quantitative estimate of drug-likeness (QED) is 0.666. The van der Waals surface area contributed by atoms with Gasteiger partial charge in [-0.05, 0) is 24.3 Å². The van der Waals surface area contributed by atoms with Crippen molar-refractivity contribution in [2.75, 3.05) is 7.11 Å². The van der Waals surface area contributed by atoms with E-state index in [0.717, 1.165) is 0 Å². The van der Waals surface area contributed by atoms with Gasteiger partial charge in [0.2, 0.25) is 0 Å². The van der Waals surface area contributed by atoms with Gasteiger partial charge in [0, 0.05) is 21.2 Å². The highest BCUT2D eigenvalue weighted by Crippen LogP contribution is 2.30. The standard InChI is InChI=1S/C19H13Cl2N3O3/c1-27-18(25)17-15-9-22-16(11-4-2-3-5-13(11)21)12-8-10(20)6-7-14(12)24(15)19(26)23-17/h2-8H,9H2,1H3,(H,23,26). The minimum absolute atomic E-state index is 0.0764. The fraction of sp³-hybridized carbons (Fsp3) is 0.105. The number of fused-ring (bicyclic) bond motifs is 3. The maximum atomic E-state index is 12.6. The molecule has 27 heavy (non-hydrogen) atoms. The molecule has 8 heteroatoms. The van der Waals surface area contributed by atoms with Crippen LogP contribution in [0.25, 0.3) is 5.69 Å². The number of nitrogens with one attached hydrogen (secondary N) is 1. The summed E-state index contributed by atoms with van der Waals surface area (Å²) in [7, 11) is 1.26. The number of hydrogen-bond donors (Lipinski definition) is 1. The van der Waals surface area contributed by atoms with Crippen molar-refractivity contribution in [1.29, 1.82) is 0 Å². The third kappa shape index (κ3) is 2.87. The van der Waals surface area contributed by atoms with Gasteiger partial charge in [-0.1, -0.05) is 41.4 Å². The number of aromatic nitrogens is 2. The normalized spacial score (nSPS) is 12.6. The summed E-state index contributed by atoms with van der Waals surface area (Å²) in [5.41, 5.74) is 2.55. The van der Waals surface area contributed by atoms with Crippen LogP contribution in [0.3, 0.4) is 0 Å². The fourth-order valence-electron chi connectivity index (χ4n) is 3.16. The predicted octanol–water partition coefficient (Wildman–Crippen LogP) is 3.61. The lowest BCUT2D eigenvalue weighted by molar-refractivity contribution is 0.0593. The second-order valence-corrected chi connectivity index (χ2v) is 6.73. The van der Waals surface area contributed by atoms with Crippen LogP contribution in [0.4, 0.5) is 0 Å². The van der Waals surface area contributed by atoms with E-state index in [9.17, 15) is 9.59 Å². The predicted molar refractivity (Wildman–Crippen MR) is 104 cm³/mol. The Morgan fingerprint density at radius 2 is 1.96 bits per heavy atom.